The zero-order chi connectivity index (χ0) is 27.3. The predicted molar refractivity (Wildman–Crippen MR) is 160 cm³/mol. The highest BCUT2D eigenvalue weighted by Crippen LogP contribution is 2.49. The lowest BCUT2D eigenvalue weighted by Crippen LogP contribution is -2.41. The Kier molecular flexibility index (Phi) is 6.08. The van der Waals surface area contributed by atoms with Gasteiger partial charge in [-0.2, -0.15) is 0 Å². The number of pyridine rings is 1. The van der Waals surface area contributed by atoms with E-state index < -0.39 is 0 Å². The standard InChI is InChI=1S/C34H34N4O2/c1-22-17-28(37-27-9-13-35-14-10-27)7-8-29(22)24-3-5-25(6-4-24)33(39)38-23(2)18-26-19-32-30(20-31(26)38)34(21-40-32)11-15-36-16-12-34/h3-10,13-14,17,19-20,23,36H,11-12,15-16,18,21H2,1-2H3,(H,35,37)/t23-/m1/s1. The molecule has 3 aliphatic heterocycles. The van der Waals surface area contributed by atoms with Crippen LogP contribution in [0.3, 0.4) is 0 Å². The van der Waals surface area contributed by atoms with E-state index in [1.807, 2.05) is 29.2 Å². The number of piperidine rings is 1. The van der Waals surface area contributed by atoms with Crippen molar-refractivity contribution in [3.8, 4) is 16.9 Å². The highest BCUT2D eigenvalue weighted by atomic mass is 16.5. The SMILES string of the molecule is Cc1cc(Nc2ccncc2)ccc1-c1ccc(C(=O)N2c3cc4c(cc3C[C@H]2C)OCC42CCNCC2)cc1. The Morgan fingerprint density at radius 2 is 1.77 bits per heavy atom. The first-order chi connectivity index (χ1) is 19.5. The number of aromatic nitrogens is 1. The van der Waals surface area contributed by atoms with Gasteiger partial charge in [-0.1, -0.05) is 18.2 Å². The van der Waals surface area contributed by atoms with Gasteiger partial charge in [-0.05, 0) is 117 Å². The molecule has 1 spiro atoms. The van der Waals surface area contributed by atoms with Crippen molar-refractivity contribution in [1.82, 2.24) is 10.3 Å². The fourth-order valence-electron chi connectivity index (χ4n) is 6.70. The van der Waals surface area contributed by atoms with Gasteiger partial charge in [0.05, 0.1) is 6.61 Å². The molecule has 40 heavy (non-hydrogen) atoms. The number of aryl methyl sites for hydroxylation is 1. The van der Waals surface area contributed by atoms with Gasteiger partial charge in [0, 0.05) is 52.0 Å². The molecule has 1 fully saturated rings. The quantitative estimate of drug-likeness (QED) is 0.319. The molecular weight excluding hydrogens is 496 g/mol. The summed E-state index contributed by atoms with van der Waals surface area (Å²) in [5, 5.41) is 6.91. The zero-order valence-corrected chi connectivity index (χ0v) is 23.0. The second-order valence-electron chi connectivity index (χ2n) is 11.5. The first-order valence-corrected chi connectivity index (χ1v) is 14.2. The third kappa shape index (κ3) is 4.23. The summed E-state index contributed by atoms with van der Waals surface area (Å²) in [5.41, 5.74) is 9.79. The van der Waals surface area contributed by atoms with Gasteiger partial charge in [-0.15, -0.1) is 0 Å². The topological polar surface area (TPSA) is 66.5 Å². The lowest BCUT2D eigenvalue weighted by molar-refractivity contribution is 0.0981. The van der Waals surface area contributed by atoms with Crippen LogP contribution in [0.4, 0.5) is 17.1 Å². The number of carbonyl (C=O) groups is 1. The molecule has 1 atom stereocenters. The molecule has 0 aliphatic carbocycles. The van der Waals surface area contributed by atoms with Crippen LogP contribution in [-0.2, 0) is 11.8 Å². The van der Waals surface area contributed by atoms with E-state index in [1.54, 1.807) is 12.4 Å². The van der Waals surface area contributed by atoms with Crippen molar-refractivity contribution in [1.29, 1.82) is 0 Å². The number of hydrogen-bond acceptors (Lipinski definition) is 5. The summed E-state index contributed by atoms with van der Waals surface area (Å²) in [6.07, 6.45) is 6.55. The van der Waals surface area contributed by atoms with E-state index in [4.69, 9.17) is 4.74 Å². The summed E-state index contributed by atoms with van der Waals surface area (Å²) in [5.74, 6) is 1.08. The molecule has 2 N–H and O–H groups in total. The third-order valence-electron chi connectivity index (χ3n) is 8.89. The summed E-state index contributed by atoms with van der Waals surface area (Å²) >= 11 is 0. The summed E-state index contributed by atoms with van der Waals surface area (Å²) in [4.78, 5) is 20.0. The molecule has 0 radical (unpaired) electrons. The summed E-state index contributed by atoms with van der Waals surface area (Å²) in [7, 11) is 0. The Balaban J connectivity index is 1.13. The maximum Gasteiger partial charge on any atom is 0.258 e. The smallest absolute Gasteiger partial charge is 0.258 e. The fraction of sp³-hybridized carbons (Fsp3) is 0.294. The average molecular weight is 531 g/mol. The number of nitrogens with one attached hydrogen (secondary N) is 2. The third-order valence-corrected chi connectivity index (χ3v) is 8.89. The first kappa shape index (κ1) is 24.9. The molecule has 3 aliphatic rings. The lowest BCUT2D eigenvalue weighted by Gasteiger charge is -2.33. The normalized spacial score (nSPS) is 18.8. The number of amides is 1. The van der Waals surface area contributed by atoms with Crippen LogP contribution in [0.2, 0.25) is 0 Å². The van der Waals surface area contributed by atoms with Gasteiger partial charge < -0.3 is 20.3 Å². The van der Waals surface area contributed by atoms with E-state index >= 15 is 0 Å². The van der Waals surface area contributed by atoms with Crippen LogP contribution < -0.4 is 20.3 Å². The molecule has 1 saturated heterocycles. The van der Waals surface area contributed by atoms with Crippen LogP contribution in [0.5, 0.6) is 5.75 Å². The number of ether oxygens (including phenoxy) is 1. The Morgan fingerprint density at radius 1 is 1.00 bits per heavy atom. The Hall–Kier alpha value is -4.16. The molecule has 4 heterocycles. The van der Waals surface area contributed by atoms with Crippen molar-refractivity contribution in [2.24, 2.45) is 0 Å². The fourth-order valence-corrected chi connectivity index (χ4v) is 6.70. The van der Waals surface area contributed by atoms with Crippen molar-refractivity contribution in [2.75, 3.05) is 29.9 Å². The lowest BCUT2D eigenvalue weighted by atomic mass is 9.74. The molecule has 7 rings (SSSR count). The molecule has 4 aromatic rings. The summed E-state index contributed by atoms with van der Waals surface area (Å²) < 4.78 is 6.20. The van der Waals surface area contributed by atoms with Gasteiger partial charge >= 0.3 is 0 Å². The van der Waals surface area contributed by atoms with Crippen LogP contribution in [-0.4, -0.2) is 36.6 Å². The maximum absolute atomic E-state index is 13.9. The minimum absolute atomic E-state index is 0.0599. The van der Waals surface area contributed by atoms with Gasteiger partial charge in [0.1, 0.15) is 5.75 Å². The Morgan fingerprint density at radius 3 is 2.52 bits per heavy atom. The number of hydrogen-bond donors (Lipinski definition) is 2. The molecule has 6 heteroatoms. The summed E-state index contributed by atoms with van der Waals surface area (Å²) in [6, 6.07) is 22.9. The van der Waals surface area contributed by atoms with E-state index in [0.717, 1.165) is 72.9 Å². The number of nitrogens with zero attached hydrogens (tertiary/aromatic N) is 2. The number of rotatable bonds is 4. The number of fused-ring (bicyclic) bond motifs is 3. The van der Waals surface area contributed by atoms with E-state index in [-0.39, 0.29) is 17.4 Å². The van der Waals surface area contributed by atoms with Gasteiger partial charge in [-0.3, -0.25) is 9.78 Å². The van der Waals surface area contributed by atoms with Crippen molar-refractivity contribution in [2.45, 2.75) is 44.6 Å². The van der Waals surface area contributed by atoms with Crippen molar-refractivity contribution in [3.05, 3.63) is 101 Å². The van der Waals surface area contributed by atoms with Crippen LogP contribution in [0.15, 0.2) is 79.1 Å². The molecule has 0 saturated carbocycles. The van der Waals surface area contributed by atoms with Crippen molar-refractivity contribution < 1.29 is 9.53 Å². The van der Waals surface area contributed by atoms with Crippen molar-refractivity contribution >= 4 is 23.0 Å². The number of carbonyl (C=O) groups excluding carboxylic acids is 1. The summed E-state index contributed by atoms with van der Waals surface area (Å²) in [6.45, 7) is 7.03. The molecule has 6 nitrogen and oxygen atoms in total. The van der Waals surface area contributed by atoms with Gasteiger partial charge in [0.15, 0.2) is 0 Å². The van der Waals surface area contributed by atoms with Gasteiger partial charge in [0.2, 0.25) is 0 Å². The number of benzene rings is 3. The molecule has 0 bridgehead atoms. The second kappa shape index (κ2) is 9.79. The highest BCUT2D eigenvalue weighted by Gasteiger charge is 2.44. The van der Waals surface area contributed by atoms with E-state index in [9.17, 15) is 4.79 Å². The monoisotopic (exact) mass is 530 g/mol. The Bertz CT molecular complexity index is 1580. The van der Waals surface area contributed by atoms with Gasteiger partial charge in [0.25, 0.3) is 5.91 Å². The average Bonchev–Trinajstić information content (AvgIpc) is 3.48. The molecule has 3 aromatic carbocycles. The number of anilines is 3. The zero-order valence-electron chi connectivity index (χ0n) is 23.0. The van der Waals surface area contributed by atoms with Gasteiger partial charge in [-0.25, -0.2) is 0 Å². The largest absolute Gasteiger partial charge is 0.492 e. The first-order valence-electron chi connectivity index (χ1n) is 14.2. The van der Waals surface area contributed by atoms with Crippen LogP contribution in [0, 0.1) is 6.92 Å². The van der Waals surface area contributed by atoms with Crippen LogP contribution in [0.25, 0.3) is 11.1 Å². The minimum atomic E-state index is 0.0599. The van der Waals surface area contributed by atoms with Crippen molar-refractivity contribution in [3.63, 3.8) is 0 Å². The van der Waals surface area contributed by atoms with E-state index in [0.29, 0.717) is 5.56 Å². The van der Waals surface area contributed by atoms with E-state index in [1.165, 1.54) is 16.7 Å². The molecule has 202 valence electrons. The molecule has 1 amide bonds. The predicted octanol–water partition coefficient (Wildman–Crippen LogP) is 6.41. The second-order valence-corrected chi connectivity index (χ2v) is 11.5. The molecular formula is C34H34N4O2. The molecule has 0 unspecified atom stereocenters. The molecule has 1 aromatic heterocycles. The highest BCUT2D eigenvalue weighted by molar-refractivity contribution is 6.08. The maximum atomic E-state index is 13.9. The van der Waals surface area contributed by atoms with Crippen LogP contribution in [0.1, 0.15) is 46.8 Å². The minimum Gasteiger partial charge on any atom is -0.492 e. The van der Waals surface area contributed by atoms with Crippen LogP contribution >= 0.6 is 0 Å². The van der Waals surface area contributed by atoms with E-state index in [2.05, 4.69) is 71.9 Å². The Labute approximate surface area is 235 Å².